The Morgan fingerprint density at radius 2 is 1.70 bits per heavy atom. The van der Waals surface area contributed by atoms with Gasteiger partial charge in [-0.25, -0.2) is 4.79 Å². The molecule has 0 bridgehead atoms. The average Bonchev–Trinajstić information content (AvgIpc) is 2.65. The third kappa shape index (κ3) is 7.09. The minimum atomic E-state index is -1.05. The van der Waals surface area contributed by atoms with Gasteiger partial charge in [0.2, 0.25) is 5.91 Å². The van der Waals surface area contributed by atoms with E-state index in [1.807, 2.05) is 44.2 Å². The molecule has 27 heavy (non-hydrogen) atoms. The summed E-state index contributed by atoms with van der Waals surface area (Å²) >= 11 is 0. The lowest BCUT2D eigenvalue weighted by Gasteiger charge is -2.26. The topological polar surface area (TPSA) is 92.7 Å². The van der Waals surface area contributed by atoms with Crippen molar-refractivity contribution in [2.45, 2.75) is 45.8 Å². The van der Waals surface area contributed by atoms with Crippen molar-refractivity contribution in [1.82, 2.24) is 5.32 Å². The van der Waals surface area contributed by atoms with Gasteiger partial charge in [-0.05, 0) is 26.3 Å². The quantitative estimate of drug-likeness (QED) is 0.394. The van der Waals surface area contributed by atoms with Gasteiger partial charge < -0.3 is 15.2 Å². The first-order valence-electron chi connectivity index (χ1n) is 8.86. The largest absolute Gasteiger partial charge is 0.481 e. The van der Waals surface area contributed by atoms with Crippen LogP contribution in [-0.4, -0.2) is 35.1 Å². The molecule has 146 valence electrons. The number of ether oxygens (including phenoxy) is 1. The highest BCUT2D eigenvalue weighted by Crippen LogP contribution is 2.21. The minimum Gasteiger partial charge on any atom is -0.481 e. The number of amides is 1. The van der Waals surface area contributed by atoms with Crippen LogP contribution in [0.4, 0.5) is 0 Å². The first-order chi connectivity index (χ1) is 12.8. The summed E-state index contributed by atoms with van der Waals surface area (Å²) in [5, 5.41) is 11.7. The van der Waals surface area contributed by atoms with Crippen LogP contribution < -0.4 is 5.32 Å². The maximum absolute atomic E-state index is 12.7. The molecular weight excluding hydrogens is 346 g/mol. The van der Waals surface area contributed by atoms with Crippen LogP contribution in [0.15, 0.2) is 54.6 Å². The molecule has 1 aromatic carbocycles. The highest BCUT2D eigenvalue weighted by molar-refractivity contribution is 5.92. The highest BCUT2D eigenvalue weighted by atomic mass is 16.5. The number of benzene rings is 1. The van der Waals surface area contributed by atoms with Crippen molar-refractivity contribution in [3.8, 4) is 0 Å². The summed E-state index contributed by atoms with van der Waals surface area (Å²) in [6.07, 6.45) is 5.54. The van der Waals surface area contributed by atoms with Crippen LogP contribution in [0.5, 0.6) is 0 Å². The lowest BCUT2D eigenvalue weighted by molar-refractivity contribution is -0.159. The fraction of sp³-hybridized carbons (Fsp3) is 0.381. The molecule has 0 aliphatic heterocycles. The summed E-state index contributed by atoms with van der Waals surface area (Å²) in [5.74, 6) is -3.37. The standard InChI is InChI=1S/C21H27NO5/c1-5-6-8-13-18(23)22-19(15(3)17-11-9-7-10-12-17)21(26)27-16(4)14(2)20(24)25/h5-16,19H,1-4H3,(H,22,23)(H,24,25)/b6-5+,13-8+/t14-,15-,16-,19+/m1/s1. The Morgan fingerprint density at radius 1 is 1.07 bits per heavy atom. The molecule has 4 atom stereocenters. The Hall–Kier alpha value is -2.89. The number of carbonyl (C=O) groups excluding carboxylic acids is 2. The number of nitrogens with one attached hydrogen (secondary N) is 1. The minimum absolute atomic E-state index is 0.356. The van der Waals surface area contributed by atoms with Crippen molar-refractivity contribution < 1.29 is 24.2 Å². The van der Waals surface area contributed by atoms with E-state index in [-0.39, 0.29) is 5.92 Å². The van der Waals surface area contributed by atoms with Crippen LogP contribution in [0, 0.1) is 5.92 Å². The second kappa shape index (κ2) is 11.0. The average molecular weight is 373 g/mol. The molecule has 6 heteroatoms. The number of carbonyl (C=O) groups is 3. The highest BCUT2D eigenvalue weighted by Gasteiger charge is 2.32. The number of hydrogen-bond donors (Lipinski definition) is 2. The van der Waals surface area contributed by atoms with Gasteiger partial charge in [-0.1, -0.05) is 55.5 Å². The zero-order valence-electron chi connectivity index (χ0n) is 16.1. The van der Waals surface area contributed by atoms with E-state index in [0.717, 1.165) is 5.56 Å². The molecule has 0 saturated heterocycles. The van der Waals surface area contributed by atoms with Gasteiger partial charge in [0.25, 0.3) is 0 Å². The van der Waals surface area contributed by atoms with Gasteiger partial charge in [-0.2, -0.15) is 0 Å². The van der Waals surface area contributed by atoms with E-state index in [1.54, 1.807) is 18.2 Å². The van der Waals surface area contributed by atoms with Crippen molar-refractivity contribution >= 4 is 17.8 Å². The Balaban J connectivity index is 3.00. The summed E-state index contributed by atoms with van der Waals surface area (Å²) in [6, 6.07) is 8.32. The predicted molar refractivity (Wildman–Crippen MR) is 103 cm³/mol. The van der Waals surface area contributed by atoms with Crippen LogP contribution in [0.3, 0.4) is 0 Å². The zero-order valence-corrected chi connectivity index (χ0v) is 16.1. The molecule has 1 amide bonds. The van der Waals surface area contributed by atoms with Crippen LogP contribution in [0.1, 0.15) is 39.2 Å². The Kier molecular flexibility index (Phi) is 8.99. The summed E-state index contributed by atoms with van der Waals surface area (Å²) in [4.78, 5) is 36.0. The van der Waals surface area contributed by atoms with Crippen LogP contribution in [0.2, 0.25) is 0 Å². The molecular formula is C21H27NO5. The van der Waals surface area contributed by atoms with Gasteiger partial charge in [0, 0.05) is 12.0 Å². The summed E-state index contributed by atoms with van der Waals surface area (Å²) in [6.45, 7) is 6.62. The lowest BCUT2D eigenvalue weighted by atomic mass is 9.93. The molecule has 0 spiro atoms. The van der Waals surface area contributed by atoms with E-state index in [0.29, 0.717) is 0 Å². The molecule has 0 unspecified atom stereocenters. The third-order valence-electron chi connectivity index (χ3n) is 4.32. The zero-order chi connectivity index (χ0) is 20.4. The van der Waals surface area contributed by atoms with Crippen LogP contribution in [-0.2, 0) is 19.1 Å². The van der Waals surface area contributed by atoms with Gasteiger partial charge >= 0.3 is 11.9 Å². The van der Waals surface area contributed by atoms with E-state index in [1.165, 1.54) is 19.9 Å². The Bertz CT molecular complexity index is 696. The Morgan fingerprint density at radius 3 is 2.26 bits per heavy atom. The number of esters is 1. The van der Waals surface area contributed by atoms with Crippen molar-refractivity contribution in [2.75, 3.05) is 0 Å². The molecule has 2 N–H and O–H groups in total. The molecule has 0 aliphatic rings. The second-order valence-electron chi connectivity index (χ2n) is 6.34. The van der Waals surface area contributed by atoms with Gasteiger partial charge in [-0.3, -0.25) is 9.59 Å². The van der Waals surface area contributed by atoms with E-state index >= 15 is 0 Å². The molecule has 0 aromatic heterocycles. The van der Waals surface area contributed by atoms with Crippen LogP contribution >= 0.6 is 0 Å². The van der Waals surface area contributed by atoms with Gasteiger partial charge in [-0.15, -0.1) is 0 Å². The monoisotopic (exact) mass is 373 g/mol. The number of carboxylic acid groups (broad SMARTS) is 1. The number of rotatable bonds is 9. The van der Waals surface area contributed by atoms with E-state index in [2.05, 4.69) is 5.32 Å². The SMILES string of the molecule is C/C=C/C=C/C(=O)N[C@H](C(=O)O[C@H](C)[C@@H](C)C(=O)O)[C@H](C)c1ccccc1. The molecule has 0 radical (unpaired) electrons. The van der Waals surface area contributed by atoms with Crippen molar-refractivity contribution in [3.05, 3.63) is 60.2 Å². The molecule has 0 heterocycles. The van der Waals surface area contributed by atoms with Gasteiger partial charge in [0.1, 0.15) is 12.1 Å². The van der Waals surface area contributed by atoms with Crippen molar-refractivity contribution in [3.63, 3.8) is 0 Å². The number of carboxylic acids is 1. The maximum Gasteiger partial charge on any atom is 0.329 e. The van der Waals surface area contributed by atoms with Gasteiger partial charge in [0.15, 0.2) is 0 Å². The Labute approximate surface area is 159 Å². The second-order valence-corrected chi connectivity index (χ2v) is 6.34. The summed E-state index contributed by atoms with van der Waals surface area (Å²) in [7, 11) is 0. The summed E-state index contributed by atoms with van der Waals surface area (Å²) in [5.41, 5.74) is 0.858. The molecule has 0 fully saturated rings. The first kappa shape index (κ1) is 22.2. The molecule has 1 aromatic rings. The normalized spacial score (nSPS) is 15.9. The van der Waals surface area contributed by atoms with Crippen molar-refractivity contribution in [1.29, 1.82) is 0 Å². The van der Waals surface area contributed by atoms with E-state index in [4.69, 9.17) is 9.84 Å². The van der Waals surface area contributed by atoms with Gasteiger partial charge in [0.05, 0.1) is 5.92 Å². The maximum atomic E-state index is 12.7. The van der Waals surface area contributed by atoms with E-state index < -0.39 is 35.9 Å². The molecule has 6 nitrogen and oxygen atoms in total. The lowest BCUT2D eigenvalue weighted by Crippen LogP contribution is -2.46. The van der Waals surface area contributed by atoms with Crippen LogP contribution in [0.25, 0.3) is 0 Å². The third-order valence-corrected chi connectivity index (χ3v) is 4.32. The molecule has 1 rings (SSSR count). The molecule has 0 saturated carbocycles. The number of aliphatic carboxylic acids is 1. The van der Waals surface area contributed by atoms with Crippen molar-refractivity contribution in [2.24, 2.45) is 5.92 Å². The first-order valence-corrected chi connectivity index (χ1v) is 8.86. The predicted octanol–water partition coefficient (Wildman–Crippen LogP) is 3.06. The fourth-order valence-corrected chi connectivity index (χ4v) is 2.35. The number of hydrogen-bond acceptors (Lipinski definition) is 4. The summed E-state index contributed by atoms with van der Waals surface area (Å²) < 4.78 is 5.33. The van der Waals surface area contributed by atoms with E-state index in [9.17, 15) is 14.4 Å². The number of allylic oxidation sites excluding steroid dienone is 3. The molecule has 0 aliphatic carbocycles. The fourth-order valence-electron chi connectivity index (χ4n) is 2.35. The smallest absolute Gasteiger partial charge is 0.329 e.